The topological polar surface area (TPSA) is 72.6 Å². The Kier molecular flexibility index (Phi) is 5.15. The van der Waals surface area contributed by atoms with Gasteiger partial charge < -0.3 is 10.5 Å². The molecule has 1 aliphatic heterocycles. The molecule has 0 radical (unpaired) electrons. The summed E-state index contributed by atoms with van der Waals surface area (Å²) in [7, 11) is -1.87. The number of nitrogens with two attached hydrogens (primary N) is 1. The molecular formula is C14H22N2O3S. The van der Waals surface area contributed by atoms with Gasteiger partial charge in [-0.3, -0.25) is 0 Å². The molecule has 0 bridgehead atoms. The second kappa shape index (κ2) is 6.67. The molecule has 0 spiro atoms. The van der Waals surface area contributed by atoms with Crippen LogP contribution in [0.1, 0.15) is 24.8 Å². The van der Waals surface area contributed by atoms with Gasteiger partial charge in [0.15, 0.2) is 0 Å². The van der Waals surface area contributed by atoms with Gasteiger partial charge in [-0.15, -0.1) is 0 Å². The molecule has 112 valence electrons. The minimum atomic E-state index is -3.47. The fraction of sp³-hybridized carbons (Fsp3) is 0.571. The molecule has 0 saturated carbocycles. The summed E-state index contributed by atoms with van der Waals surface area (Å²) in [6, 6.07) is 6.78. The van der Waals surface area contributed by atoms with E-state index in [1.54, 1.807) is 25.2 Å². The molecule has 1 aromatic rings. The van der Waals surface area contributed by atoms with E-state index < -0.39 is 10.0 Å². The van der Waals surface area contributed by atoms with E-state index in [0.717, 1.165) is 31.4 Å². The summed E-state index contributed by atoms with van der Waals surface area (Å²) in [4.78, 5) is 0.291. The molecule has 0 aromatic heterocycles. The van der Waals surface area contributed by atoms with Gasteiger partial charge in [0.05, 0.1) is 11.0 Å². The summed E-state index contributed by atoms with van der Waals surface area (Å²) in [6.07, 6.45) is 3.08. The van der Waals surface area contributed by atoms with Crippen molar-refractivity contribution in [1.29, 1.82) is 0 Å². The van der Waals surface area contributed by atoms with E-state index in [9.17, 15) is 8.42 Å². The number of nitrogens with zero attached hydrogens (tertiary/aromatic N) is 1. The van der Waals surface area contributed by atoms with Crippen molar-refractivity contribution in [2.45, 2.75) is 36.8 Å². The quantitative estimate of drug-likeness (QED) is 0.890. The van der Waals surface area contributed by atoms with Gasteiger partial charge in [0, 0.05) is 26.7 Å². The monoisotopic (exact) mass is 298 g/mol. The summed E-state index contributed by atoms with van der Waals surface area (Å²) < 4.78 is 32.0. The lowest BCUT2D eigenvalue weighted by Gasteiger charge is -2.27. The molecule has 1 atom stereocenters. The predicted molar refractivity (Wildman–Crippen MR) is 77.7 cm³/mol. The van der Waals surface area contributed by atoms with E-state index in [0.29, 0.717) is 18.0 Å². The Bertz CT molecular complexity index is 539. The maximum absolute atomic E-state index is 12.5. The Morgan fingerprint density at radius 1 is 1.40 bits per heavy atom. The standard InChI is InChI=1S/C14H22N2O3S/c1-16(11-13-6-2-3-8-19-13)20(17,18)14-7-4-5-12(9-14)10-15/h4-5,7,9,13H,2-3,6,8,10-11,15H2,1H3. The minimum Gasteiger partial charge on any atom is -0.377 e. The van der Waals surface area contributed by atoms with Gasteiger partial charge in [-0.2, -0.15) is 4.31 Å². The molecule has 1 heterocycles. The molecule has 6 heteroatoms. The third kappa shape index (κ3) is 3.58. The van der Waals surface area contributed by atoms with Crippen LogP contribution < -0.4 is 5.73 Å². The van der Waals surface area contributed by atoms with Crippen molar-refractivity contribution in [3.05, 3.63) is 29.8 Å². The zero-order valence-electron chi connectivity index (χ0n) is 11.8. The van der Waals surface area contributed by atoms with Crippen LogP contribution in [0.15, 0.2) is 29.2 Å². The fourth-order valence-electron chi connectivity index (χ4n) is 2.35. The van der Waals surface area contributed by atoms with Crippen LogP contribution in [-0.2, 0) is 21.3 Å². The summed E-state index contributed by atoms with van der Waals surface area (Å²) in [5.74, 6) is 0. The third-order valence-corrected chi connectivity index (χ3v) is 5.40. The normalized spacial score (nSPS) is 20.2. The van der Waals surface area contributed by atoms with E-state index in [4.69, 9.17) is 10.5 Å². The highest BCUT2D eigenvalue weighted by molar-refractivity contribution is 7.89. The molecule has 1 unspecified atom stereocenters. The first-order chi connectivity index (χ1) is 9.54. The number of benzene rings is 1. The number of ether oxygens (including phenoxy) is 1. The highest BCUT2D eigenvalue weighted by Crippen LogP contribution is 2.19. The van der Waals surface area contributed by atoms with Crippen molar-refractivity contribution in [2.24, 2.45) is 5.73 Å². The molecule has 0 amide bonds. The van der Waals surface area contributed by atoms with Gasteiger partial charge >= 0.3 is 0 Å². The lowest BCUT2D eigenvalue weighted by Crippen LogP contribution is -2.37. The molecular weight excluding hydrogens is 276 g/mol. The Balaban J connectivity index is 2.11. The molecule has 5 nitrogen and oxygen atoms in total. The van der Waals surface area contributed by atoms with E-state index in [2.05, 4.69) is 0 Å². The highest BCUT2D eigenvalue weighted by Gasteiger charge is 2.25. The van der Waals surface area contributed by atoms with Crippen molar-refractivity contribution in [2.75, 3.05) is 20.2 Å². The van der Waals surface area contributed by atoms with Crippen molar-refractivity contribution in [3.8, 4) is 0 Å². The van der Waals surface area contributed by atoms with Crippen molar-refractivity contribution in [1.82, 2.24) is 4.31 Å². The lowest BCUT2D eigenvalue weighted by molar-refractivity contribution is 0.00858. The number of rotatable bonds is 5. The molecule has 2 N–H and O–H groups in total. The van der Waals surface area contributed by atoms with Gasteiger partial charge in [-0.05, 0) is 37.0 Å². The molecule has 1 aromatic carbocycles. The fourth-order valence-corrected chi connectivity index (χ4v) is 3.62. The van der Waals surface area contributed by atoms with Gasteiger partial charge in [-0.1, -0.05) is 12.1 Å². The predicted octanol–water partition coefficient (Wildman–Crippen LogP) is 1.33. The second-order valence-electron chi connectivity index (χ2n) is 5.13. The second-order valence-corrected chi connectivity index (χ2v) is 7.17. The minimum absolute atomic E-state index is 0.00113. The van der Waals surface area contributed by atoms with E-state index in [1.165, 1.54) is 4.31 Å². The molecule has 20 heavy (non-hydrogen) atoms. The Morgan fingerprint density at radius 3 is 2.85 bits per heavy atom. The summed E-state index contributed by atoms with van der Waals surface area (Å²) >= 11 is 0. The number of likely N-dealkylation sites (N-methyl/N-ethyl adjacent to an activating group) is 1. The Labute approximate surface area is 120 Å². The van der Waals surface area contributed by atoms with Crippen molar-refractivity contribution in [3.63, 3.8) is 0 Å². The van der Waals surface area contributed by atoms with Crippen LogP contribution in [0, 0.1) is 0 Å². The Morgan fingerprint density at radius 2 is 2.20 bits per heavy atom. The first-order valence-corrected chi connectivity index (χ1v) is 8.35. The molecule has 2 rings (SSSR count). The summed E-state index contributed by atoms with van der Waals surface area (Å²) in [5.41, 5.74) is 6.37. The van der Waals surface area contributed by atoms with Crippen LogP contribution >= 0.6 is 0 Å². The zero-order chi connectivity index (χ0) is 14.6. The van der Waals surface area contributed by atoms with E-state index in [1.807, 2.05) is 6.07 Å². The summed E-state index contributed by atoms with van der Waals surface area (Å²) in [5, 5.41) is 0. The van der Waals surface area contributed by atoms with Crippen LogP contribution in [0.3, 0.4) is 0 Å². The highest BCUT2D eigenvalue weighted by atomic mass is 32.2. The van der Waals surface area contributed by atoms with E-state index >= 15 is 0 Å². The third-order valence-electron chi connectivity index (χ3n) is 3.58. The smallest absolute Gasteiger partial charge is 0.242 e. The number of hydrogen-bond acceptors (Lipinski definition) is 4. The summed E-state index contributed by atoms with van der Waals surface area (Å²) in [6.45, 7) is 1.45. The first-order valence-electron chi connectivity index (χ1n) is 6.91. The average Bonchev–Trinajstić information content (AvgIpc) is 2.48. The largest absolute Gasteiger partial charge is 0.377 e. The molecule has 1 fully saturated rings. The zero-order valence-corrected chi connectivity index (χ0v) is 12.6. The average molecular weight is 298 g/mol. The van der Waals surface area contributed by atoms with Gasteiger partial charge in [0.25, 0.3) is 0 Å². The van der Waals surface area contributed by atoms with Crippen molar-refractivity contribution < 1.29 is 13.2 Å². The Hall–Kier alpha value is -0.950. The molecule has 1 saturated heterocycles. The van der Waals surface area contributed by atoms with E-state index in [-0.39, 0.29) is 6.10 Å². The SMILES string of the molecule is CN(CC1CCCCO1)S(=O)(=O)c1cccc(CN)c1. The molecule has 0 aliphatic carbocycles. The van der Waals surface area contributed by atoms with Gasteiger partial charge in [0.1, 0.15) is 0 Å². The maximum atomic E-state index is 12.5. The number of sulfonamides is 1. The van der Waals surface area contributed by atoms with Crippen LogP contribution in [-0.4, -0.2) is 39.0 Å². The van der Waals surface area contributed by atoms with Crippen LogP contribution in [0.2, 0.25) is 0 Å². The first kappa shape index (κ1) is 15.4. The van der Waals surface area contributed by atoms with Crippen LogP contribution in [0.4, 0.5) is 0 Å². The number of hydrogen-bond donors (Lipinski definition) is 1. The van der Waals surface area contributed by atoms with Gasteiger partial charge in [0.2, 0.25) is 10.0 Å². The van der Waals surface area contributed by atoms with Crippen LogP contribution in [0.25, 0.3) is 0 Å². The lowest BCUT2D eigenvalue weighted by atomic mass is 10.1. The van der Waals surface area contributed by atoms with Crippen LogP contribution in [0.5, 0.6) is 0 Å². The maximum Gasteiger partial charge on any atom is 0.242 e. The molecule has 1 aliphatic rings. The van der Waals surface area contributed by atoms with Gasteiger partial charge in [-0.25, -0.2) is 8.42 Å². The van der Waals surface area contributed by atoms with Crippen molar-refractivity contribution >= 4 is 10.0 Å².